The first-order chi connectivity index (χ1) is 17.0. The van der Waals surface area contributed by atoms with Gasteiger partial charge in [-0.2, -0.15) is 0 Å². The number of methoxy groups -OCH3 is 3. The Labute approximate surface area is 208 Å². The Morgan fingerprint density at radius 3 is 2.20 bits per heavy atom. The number of allylic oxidation sites excluding steroid dienone is 4. The van der Waals surface area contributed by atoms with Gasteiger partial charge >= 0.3 is 0 Å². The number of Topliss-reactive ketones (excluding diaryl/α,β-unsaturated/α-hetero) is 1. The van der Waals surface area contributed by atoms with Crippen LogP contribution in [0.5, 0.6) is 17.2 Å². The van der Waals surface area contributed by atoms with Gasteiger partial charge in [0.2, 0.25) is 5.75 Å². The Hall–Kier alpha value is -3.34. The standard InChI is InChI=1S/C30H36O5/c1-5-6-7-8-9-14-25(31)17-23-16-15-22(21-12-10-11-13-21)18-26(23)29(32)24-19-27(33-2)30(35-4)28(20-24)34-3/h10-12,15-16,18-20H,5-9,13-14,17H2,1-4H3. The van der Waals surface area contributed by atoms with E-state index in [9.17, 15) is 9.59 Å². The van der Waals surface area contributed by atoms with E-state index in [4.69, 9.17) is 14.2 Å². The molecule has 2 aromatic carbocycles. The molecule has 0 saturated carbocycles. The number of benzene rings is 2. The molecule has 0 bridgehead atoms. The Morgan fingerprint density at radius 1 is 0.886 bits per heavy atom. The third-order valence-corrected chi connectivity index (χ3v) is 6.37. The van der Waals surface area contributed by atoms with Crippen LogP contribution in [0.1, 0.15) is 78.9 Å². The van der Waals surface area contributed by atoms with Gasteiger partial charge in [-0.3, -0.25) is 9.59 Å². The normalized spacial score (nSPS) is 12.4. The number of carbonyl (C=O) groups excluding carboxylic acids is 2. The molecule has 0 aliphatic heterocycles. The van der Waals surface area contributed by atoms with E-state index in [1.165, 1.54) is 34.2 Å². The summed E-state index contributed by atoms with van der Waals surface area (Å²) in [6, 6.07) is 9.16. The summed E-state index contributed by atoms with van der Waals surface area (Å²) in [6.07, 6.45) is 13.3. The van der Waals surface area contributed by atoms with Crippen molar-refractivity contribution < 1.29 is 23.8 Å². The molecule has 0 atom stereocenters. The molecule has 3 rings (SSSR count). The number of hydrogen-bond donors (Lipinski definition) is 0. The highest BCUT2D eigenvalue weighted by molar-refractivity contribution is 6.11. The maximum Gasteiger partial charge on any atom is 0.203 e. The highest BCUT2D eigenvalue weighted by Gasteiger charge is 2.22. The lowest BCUT2D eigenvalue weighted by Gasteiger charge is -2.15. The third-order valence-electron chi connectivity index (χ3n) is 6.37. The summed E-state index contributed by atoms with van der Waals surface area (Å²) in [5.41, 5.74) is 3.84. The highest BCUT2D eigenvalue weighted by Crippen LogP contribution is 2.39. The molecule has 0 aromatic heterocycles. The third kappa shape index (κ3) is 6.62. The topological polar surface area (TPSA) is 61.8 Å². The van der Waals surface area contributed by atoms with Crippen molar-refractivity contribution in [3.05, 3.63) is 70.8 Å². The zero-order valence-electron chi connectivity index (χ0n) is 21.3. The summed E-state index contributed by atoms with van der Waals surface area (Å²) in [7, 11) is 4.58. The number of carbonyl (C=O) groups is 2. The number of unbranched alkanes of at least 4 members (excludes halogenated alkanes) is 4. The van der Waals surface area contributed by atoms with Crippen molar-refractivity contribution in [3.63, 3.8) is 0 Å². The largest absolute Gasteiger partial charge is 0.493 e. The van der Waals surface area contributed by atoms with Gasteiger partial charge in [0.25, 0.3) is 0 Å². The van der Waals surface area contributed by atoms with Crippen LogP contribution in [0.25, 0.3) is 5.57 Å². The van der Waals surface area contributed by atoms with Gasteiger partial charge in [0.05, 0.1) is 21.3 Å². The number of ketones is 2. The van der Waals surface area contributed by atoms with Gasteiger partial charge in [-0.25, -0.2) is 0 Å². The minimum atomic E-state index is -0.177. The Balaban J connectivity index is 1.93. The first-order valence-electron chi connectivity index (χ1n) is 12.4. The fraction of sp³-hybridized carbons (Fsp3) is 0.400. The fourth-order valence-electron chi connectivity index (χ4n) is 4.40. The number of rotatable bonds is 14. The average Bonchev–Trinajstić information content (AvgIpc) is 3.42. The molecule has 1 aliphatic carbocycles. The molecule has 0 N–H and O–H groups in total. The van der Waals surface area contributed by atoms with Crippen molar-refractivity contribution in [2.45, 2.75) is 58.3 Å². The SMILES string of the molecule is CCCCCCCC(=O)Cc1ccc(C2=CC=CC2)cc1C(=O)c1cc(OC)c(OC)c(OC)c1. The summed E-state index contributed by atoms with van der Waals surface area (Å²) in [5.74, 6) is 1.25. The molecular weight excluding hydrogens is 440 g/mol. The summed E-state index contributed by atoms with van der Waals surface area (Å²) in [6.45, 7) is 2.18. The maximum atomic E-state index is 13.8. The van der Waals surface area contributed by atoms with E-state index < -0.39 is 0 Å². The first-order valence-corrected chi connectivity index (χ1v) is 12.4. The summed E-state index contributed by atoms with van der Waals surface area (Å²) >= 11 is 0. The minimum Gasteiger partial charge on any atom is -0.493 e. The second kappa shape index (κ2) is 12.9. The van der Waals surface area contributed by atoms with Crippen molar-refractivity contribution >= 4 is 17.1 Å². The smallest absolute Gasteiger partial charge is 0.203 e. The molecule has 0 radical (unpaired) electrons. The van der Waals surface area contributed by atoms with E-state index in [0.717, 1.165) is 42.4 Å². The van der Waals surface area contributed by atoms with Gasteiger partial charge in [0, 0.05) is 24.0 Å². The molecule has 2 aromatic rings. The molecule has 0 heterocycles. The quantitative estimate of drug-likeness (QED) is 0.223. The van der Waals surface area contributed by atoms with Crippen LogP contribution >= 0.6 is 0 Å². The van der Waals surface area contributed by atoms with Gasteiger partial charge in [-0.15, -0.1) is 0 Å². The number of ether oxygens (including phenoxy) is 3. The first kappa shape index (κ1) is 26.3. The van der Waals surface area contributed by atoms with E-state index in [0.29, 0.717) is 34.8 Å². The zero-order valence-corrected chi connectivity index (χ0v) is 21.3. The molecule has 0 saturated heterocycles. The summed E-state index contributed by atoms with van der Waals surface area (Å²) in [4.78, 5) is 26.6. The van der Waals surface area contributed by atoms with Crippen LogP contribution in [-0.4, -0.2) is 32.9 Å². The molecular formula is C30H36O5. The van der Waals surface area contributed by atoms with Crippen molar-refractivity contribution in [1.82, 2.24) is 0 Å². The van der Waals surface area contributed by atoms with Crippen LogP contribution in [0, 0.1) is 0 Å². The monoisotopic (exact) mass is 476 g/mol. The molecule has 5 heteroatoms. The molecule has 186 valence electrons. The van der Waals surface area contributed by atoms with Gasteiger partial charge in [-0.1, -0.05) is 63.0 Å². The van der Waals surface area contributed by atoms with Crippen LogP contribution in [0.15, 0.2) is 48.6 Å². The van der Waals surface area contributed by atoms with Crippen LogP contribution in [0.4, 0.5) is 0 Å². The summed E-state index contributed by atoms with van der Waals surface area (Å²) < 4.78 is 16.3. The molecule has 0 spiro atoms. The molecule has 0 unspecified atom stereocenters. The molecule has 35 heavy (non-hydrogen) atoms. The second-order valence-corrected chi connectivity index (χ2v) is 8.82. The highest BCUT2D eigenvalue weighted by atomic mass is 16.5. The van der Waals surface area contributed by atoms with Gasteiger partial charge < -0.3 is 14.2 Å². The predicted octanol–water partition coefficient (Wildman–Crippen LogP) is 6.76. The van der Waals surface area contributed by atoms with Crippen LogP contribution in [-0.2, 0) is 11.2 Å². The minimum absolute atomic E-state index is 0.162. The van der Waals surface area contributed by atoms with Gasteiger partial charge in [0.15, 0.2) is 17.3 Å². The van der Waals surface area contributed by atoms with E-state index >= 15 is 0 Å². The van der Waals surface area contributed by atoms with Crippen LogP contribution in [0.3, 0.4) is 0 Å². The summed E-state index contributed by atoms with van der Waals surface area (Å²) in [5, 5.41) is 0. The van der Waals surface area contributed by atoms with E-state index in [2.05, 4.69) is 19.1 Å². The molecule has 5 nitrogen and oxygen atoms in total. The van der Waals surface area contributed by atoms with E-state index in [1.54, 1.807) is 12.1 Å². The zero-order chi connectivity index (χ0) is 25.2. The van der Waals surface area contributed by atoms with Gasteiger partial charge in [0.1, 0.15) is 5.78 Å². The van der Waals surface area contributed by atoms with Crippen molar-refractivity contribution in [3.8, 4) is 17.2 Å². The molecule has 0 amide bonds. The van der Waals surface area contributed by atoms with Crippen molar-refractivity contribution in [2.24, 2.45) is 0 Å². The Bertz CT molecular complexity index is 1080. The second-order valence-electron chi connectivity index (χ2n) is 8.82. The number of hydrogen-bond acceptors (Lipinski definition) is 5. The van der Waals surface area contributed by atoms with Gasteiger partial charge in [-0.05, 0) is 47.7 Å². The molecule has 0 fully saturated rings. The Kier molecular flexibility index (Phi) is 9.71. The average molecular weight is 477 g/mol. The van der Waals surface area contributed by atoms with Crippen molar-refractivity contribution in [1.29, 1.82) is 0 Å². The van der Waals surface area contributed by atoms with E-state index in [1.807, 2.05) is 24.3 Å². The van der Waals surface area contributed by atoms with Crippen LogP contribution < -0.4 is 14.2 Å². The molecule has 1 aliphatic rings. The predicted molar refractivity (Wildman–Crippen MR) is 140 cm³/mol. The van der Waals surface area contributed by atoms with Crippen LogP contribution in [0.2, 0.25) is 0 Å². The lowest BCUT2D eigenvalue weighted by molar-refractivity contribution is -0.118. The van der Waals surface area contributed by atoms with Crippen molar-refractivity contribution in [2.75, 3.05) is 21.3 Å². The Morgan fingerprint density at radius 2 is 1.60 bits per heavy atom. The lowest BCUT2D eigenvalue weighted by atomic mass is 9.90. The fourth-order valence-corrected chi connectivity index (χ4v) is 4.40. The lowest BCUT2D eigenvalue weighted by Crippen LogP contribution is -2.11. The van der Waals surface area contributed by atoms with E-state index in [-0.39, 0.29) is 18.0 Å². The maximum absolute atomic E-state index is 13.8.